The highest BCUT2D eigenvalue weighted by molar-refractivity contribution is 5.96. The van der Waals surface area contributed by atoms with Gasteiger partial charge in [0.1, 0.15) is 22.5 Å². The highest BCUT2D eigenvalue weighted by Gasteiger charge is 2.23. The second-order valence-corrected chi connectivity index (χ2v) is 10.5. The number of hydrogen-bond donors (Lipinski definition) is 2. The van der Waals surface area contributed by atoms with E-state index in [4.69, 9.17) is 19.4 Å². The normalized spacial score (nSPS) is 12.5. The van der Waals surface area contributed by atoms with Gasteiger partial charge < -0.3 is 29.0 Å². The molecule has 2 N–H and O–H groups in total. The zero-order valence-corrected chi connectivity index (χ0v) is 23.2. The molecule has 4 aromatic rings. The Morgan fingerprint density at radius 2 is 1.95 bits per heavy atom. The van der Waals surface area contributed by atoms with Gasteiger partial charge in [-0.2, -0.15) is 0 Å². The number of fused-ring (bicyclic) bond motifs is 2. The summed E-state index contributed by atoms with van der Waals surface area (Å²) < 4.78 is 14.9. The number of nitrogens with zero attached hydrogens (tertiary/aromatic N) is 4. The summed E-state index contributed by atoms with van der Waals surface area (Å²) in [6.45, 7) is 11.8. The molecule has 1 amide bonds. The molecule has 10 nitrogen and oxygen atoms in total. The molecule has 206 valence electrons. The molecule has 0 spiro atoms. The molecule has 0 aliphatic heterocycles. The van der Waals surface area contributed by atoms with Crippen LogP contribution in [-0.2, 0) is 18.3 Å². The average Bonchev–Trinajstić information content (AvgIpc) is 3.39. The van der Waals surface area contributed by atoms with E-state index in [0.29, 0.717) is 34.8 Å². The third kappa shape index (κ3) is 5.74. The first-order valence-electron chi connectivity index (χ1n) is 12.8. The lowest BCUT2D eigenvalue weighted by molar-refractivity contribution is 0.0506. The van der Waals surface area contributed by atoms with Gasteiger partial charge in [-0.15, -0.1) is 6.58 Å². The number of aryl methyl sites for hydroxylation is 2. The fourth-order valence-electron chi connectivity index (χ4n) is 4.57. The maximum Gasteiger partial charge on any atom is 0.408 e. The minimum atomic E-state index is -1.05. The van der Waals surface area contributed by atoms with E-state index in [2.05, 4.69) is 16.5 Å². The molecule has 0 fully saturated rings. The number of carbonyl (C=O) groups excluding carboxylic acids is 1. The summed E-state index contributed by atoms with van der Waals surface area (Å²) in [6.07, 6.45) is 3.04. The van der Waals surface area contributed by atoms with Gasteiger partial charge in [0, 0.05) is 19.0 Å². The number of benzene rings is 1. The number of hydrogen-bond acceptors (Lipinski definition) is 6. The van der Waals surface area contributed by atoms with Crippen molar-refractivity contribution >= 4 is 34.1 Å². The van der Waals surface area contributed by atoms with Gasteiger partial charge in [-0.25, -0.2) is 19.6 Å². The van der Waals surface area contributed by atoms with Crippen LogP contribution in [0.2, 0.25) is 0 Å². The van der Waals surface area contributed by atoms with Gasteiger partial charge >= 0.3 is 12.1 Å². The summed E-state index contributed by atoms with van der Waals surface area (Å²) in [7, 11) is 3.39. The van der Waals surface area contributed by atoms with Gasteiger partial charge in [0.15, 0.2) is 5.82 Å². The smallest absolute Gasteiger partial charge is 0.408 e. The van der Waals surface area contributed by atoms with Crippen LogP contribution in [0.15, 0.2) is 43.0 Å². The van der Waals surface area contributed by atoms with E-state index in [1.165, 1.54) is 13.2 Å². The van der Waals surface area contributed by atoms with E-state index >= 15 is 0 Å². The number of allylic oxidation sites excluding steroid dienone is 1. The number of pyridine rings is 1. The fraction of sp³-hybridized carbons (Fsp3) is 0.379. The maximum absolute atomic E-state index is 12.3. The van der Waals surface area contributed by atoms with Crippen LogP contribution in [0.3, 0.4) is 0 Å². The average molecular weight is 534 g/mol. The second-order valence-electron chi connectivity index (χ2n) is 10.5. The lowest BCUT2D eigenvalue weighted by Crippen LogP contribution is -2.34. The molecular weight excluding hydrogens is 498 g/mol. The molecule has 3 heterocycles. The summed E-state index contributed by atoms with van der Waals surface area (Å²) in [5.74, 6) is 0.0404. The van der Waals surface area contributed by atoms with E-state index < -0.39 is 17.7 Å². The highest BCUT2D eigenvalue weighted by Crippen LogP contribution is 2.34. The summed E-state index contributed by atoms with van der Waals surface area (Å²) in [5.41, 5.74) is 3.02. The van der Waals surface area contributed by atoms with Gasteiger partial charge in [0.25, 0.3) is 0 Å². The molecule has 0 aliphatic carbocycles. The number of carbonyl (C=O) groups is 2. The van der Waals surface area contributed by atoms with Crippen LogP contribution in [0.4, 0.5) is 4.79 Å². The quantitative estimate of drug-likeness (QED) is 0.205. The lowest BCUT2D eigenvalue weighted by atomic mass is 10.2. The zero-order chi connectivity index (χ0) is 28.5. The standard InChI is InChI=1S/C29H35N5O5/c1-8-9-10-13-34-22(26-32-21-14-19(27(35)36)16-23(38-7)24(21)33(26)6)15-18-11-12-20(31-25(18)34)17(2)30-28(37)39-29(3,4)5/h8,11-12,14-17H,1,9-10,13H2,2-7H3,(H,30,37)(H,35,36)/t17-/m1/s1. The Kier molecular flexibility index (Phi) is 7.67. The van der Waals surface area contributed by atoms with Crippen molar-refractivity contribution in [2.24, 2.45) is 7.05 Å². The number of amides is 1. The first-order chi connectivity index (χ1) is 18.4. The minimum absolute atomic E-state index is 0.105. The van der Waals surface area contributed by atoms with Crippen LogP contribution in [-0.4, -0.2) is 49.0 Å². The van der Waals surface area contributed by atoms with Crippen molar-refractivity contribution in [1.82, 2.24) is 24.4 Å². The Morgan fingerprint density at radius 3 is 2.59 bits per heavy atom. The van der Waals surface area contributed by atoms with E-state index in [9.17, 15) is 14.7 Å². The number of nitrogens with one attached hydrogen (secondary N) is 1. The Morgan fingerprint density at radius 1 is 1.21 bits per heavy atom. The molecule has 3 aromatic heterocycles. The summed E-state index contributed by atoms with van der Waals surface area (Å²) in [6, 6.07) is 8.57. The SMILES string of the molecule is C=CCCCn1c(-c2nc3cc(C(=O)O)cc(OC)c3n2C)cc2ccc([C@@H](C)NC(=O)OC(C)(C)C)nc21. The summed E-state index contributed by atoms with van der Waals surface area (Å²) >= 11 is 0. The van der Waals surface area contributed by atoms with E-state index in [0.717, 1.165) is 29.6 Å². The molecule has 4 rings (SSSR count). The van der Waals surface area contributed by atoms with Crippen molar-refractivity contribution in [3.8, 4) is 17.3 Å². The van der Waals surface area contributed by atoms with Crippen LogP contribution in [0.25, 0.3) is 33.6 Å². The Labute approximate surface area is 227 Å². The Hall–Kier alpha value is -4.34. The van der Waals surface area contributed by atoms with Crippen LogP contribution in [0, 0.1) is 0 Å². The molecule has 1 aromatic carbocycles. The first kappa shape index (κ1) is 27.7. The predicted octanol–water partition coefficient (Wildman–Crippen LogP) is 5.85. The number of alkyl carbamates (subject to hydrolysis) is 1. The van der Waals surface area contributed by atoms with Crippen molar-refractivity contribution in [1.29, 1.82) is 0 Å². The molecule has 39 heavy (non-hydrogen) atoms. The number of rotatable bonds is 9. The summed E-state index contributed by atoms with van der Waals surface area (Å²) in [5, 5.41) is 13.3. The molecular formula is C29H35N5O5. The number of methoxy groups -OCH3 is 1. The van der Waals surface area contributed by atoms with E-state index in [1.54, 1.807) is 6.07 Å². The van der Waals surface area contributed by atoms with Crippen molar-refractivity contribution in [2.75, 3.05) is 7.11 Å². The molecule has 0 aliphatic rings. The van der Waals surface area contributed by atoms with Gasteiger partial charge in [0.05, 0.1) is 35.6 Å². The third-order valence-electron chi connectivity index (χ3n) is 6.36. The van der Waals surface area contributed by atoms with Crippen molar-refractivity contribution in [3.63, 3.8) is 0 Å². The van der Waals surface area contributed by atoms with Crippen molar-refractivity contribution < 1.29 is 24.2 Å². The van der Waals surface area contributed by atoms with Gasteiger partial charge in [-0.05, 0) is 70.9 Å². The number of carboxylic acids is 1. The molecule has 1 atom stereocenters. The van der Waals surface area contributed by atoms with Gasteiger partial charge in [-0.1, -0.05) is 6.08 Å². The number of aromatic carboxylic acids is 1. The Balaban J connectivity index is 1.82. The molecule has 0 saturated heterocycles. The fourth-order valence-corrected chi connectivity index (χ4v) is 4.57. The van der Waals surface area contributed by atoms with E-state index in [-0.39, 0.29) is 11.6 Å². The lowest BCUT2D eigenvalue weighted by Gasteiger charge is -2.22. The van der Waals surface area contributed by atoms with Crippen LogP contribution in [0.5, 0.6) is 5.75 Å². The van der Waals surface area contributed by atoms with E-state index in [1.807, 2.05) is 63.6 Å². The molecule has 0 saturated carbocycles. The number of ether oxygens (including phenoxy) is 2. The molecule has 0 radical (unpaired) electrons. The largest absolute Gasteiger partial charge is 0.494 e. The second kappa shape index (κ2) is 10.8. The monoisotopic (exact) mass is 533 g/mol. The number of unbranched alkanes of at least 4 members (excludes halogenated alkanes) is 1. The van der Waals surface area contributed by atoms with Crippen LogP contribution in [0.1, 0.15) is 62.6 Å². The minimum Gasteiger partial charge on any atom is -0.494 e. The molecule has 0 bridgehead atoms. The third-order valence-corrected chi connectivity index (χ3v) is 6.36. The van der Waals surface area contributed by atoms with Crippen LogP contribution >= 0.6 is 0 Å². The molecule has 0 unspecified atom stereocenters. The topological polar surface area (TPSA) is 120 Å². The maximum atomic E-state index is 12.3. The number of carboxylic acid groups (broad SMARTS) is 1. The Bertz CT molecular complexity index is 1560. The highest BCUT2D eigenvalue weighted by atomic mass is 16.6. The van der Waals surface area contributed by atoms with Crippen LogP contribution < -0.4 is 10.1 Å². The predicted molar refractivity (Wildman–Crippen MR) is 150 cm³/mol. The van der Waals surface area contributed by atoms with Gasteiger partial charge in [-0.3, -0.25) is 0 Å². The number of imidazole rings is 1. The zero-order valence-electron chi connectivity index (χ0n) is 23.2. The van der Waals surface area contributed by atoms with Gasteiger partial charge in [0.2, 0.25) is 0 Å². The van der Waals surface area contributed by atoms with Crippen molar-refractivity contribution in [3.05, 3.63) is 54.2 Å². The summed E-state index contributed by atoms with van der Waals surface area (Å²) in [4.78, 5) is 33.8. The molecule has 10 heteroatoms. The number of aromatic nitrogens is 4. The van der Waals surface area contributed by atoms with Crippen molar-refractivity contribution in [2.45, 2.75) is 58.7 Å². The first-order valence-corrected chi connectivity index (χ1v) is 12.8.